The van der Waals surface area contributed by atoms with Gasteiger partial charge in [0.15, 0.2) is 0 Å². The normalized spacial score (nSPS) is 11.0. The monoisotopic (exact) mass is 256 g/mol. The molecule has 0 atom stereocenters. The van der Waals surface area contributed by atoms with Gasteiger partial charge in [0.1, 0.15) is 0 Å². The van der Waals surface area contributed by atoms with E-state index in [1.165, 1.54) is 10.9 Å². The lowest BCUT2D eigenvalue weighted by Crippen LogP contribution is -1.88. The molecule has 0 aliphatic heterocycles. The van der Waals surface area contributed by atoms with Gasteiger partial charge in [-0.1, -0.05) is 0 Å². The third-order valence-corrected chi connectivity index (χ3v) is 3.35. The molecule has 0 unspecified atom stereocenters. The van der Waals surface area contributed by atoms with Crippen molar-refractivity contribution in [2.24, 2.45) is 0 Å². The zero-order valence-electron chi connectivity index (χ0n) is 7.41. The summed E-state index contributed by atoms with van der Waals surface area (Å²) in [6.45, 7) is 2.03. The summed E-state index contributed by atoms with van der Waals surface area (Å²) in [7, 11) is 0. The number of halogens is 1. The number of fused-ring (bicyclic) bond motifs is 1. The number of hydrogen-bond donors (Lipinski definition) is 0. The van der Waals surface area contributed by atoms with Crippen molar-refractivity contribution in [1.82, 2.24) is 8.96 Å². The Balaban J connectivity index is 2.87. The van der Waals surface area contributed by atoms with Gasteiger partial charge >= 0.3 is 0 Å². The summed E-state index contributed by atoms with van der Waals surface area (Å²) in [6.07, 6.45) is 5.97. The van der Waals surface area contributed by atoms with E-state index >= 15 is 0 Å². The van der Waals surface area contributed by atoms with Crippen LogP contribution in [-0.2, 0) is 0 Å². The summed E-state index contributed by atoms with van der Waals surface area (Å²) in [5, 5.41) is 1.22. The van der Waals surface area contributed by atoms with Gasteiger partial charge in [-0.15, -0.1) is 0 Å². The van der Waals surface area contributed by atoms with Crippen molar-refractivity contribution in [3.8, 4) is 0 Å². The van der Waals surface area contributed by atoms with E-state index in [1.807, 2.05) is 13.1 Å². The van der Waals surface area contributed by atoms with Crippen LogP contribution in [0.3, 0.4) is 0 Å². The van der Waals surface area contributed by atoms with Crippen LogP contribution in [-0.4, -0.2) is 15.2 Å². The topological polar surface area (TPSA) is 17.8 Å². The molecule has 0 N–H and O–H groups in total. The molecule has 0 aliphatic carbocycles. The molecule has 0 aromatic carbocycles. The SMILES string of the molecule is CSn1ccc2c(Br)cnc(C)c21. The molecular weight excluding hydrogens is 248 g/mol. The van der Waals surface area contributed by atoms with Gasteiger partial charge in [0.2, 0.25) is 0 Å². The standard InChI is InChI=1S/C9H9BrN2S/c1-6-9-7(8(10)5-11-6)3-4-12(9)13-2/h3-5H,1-2H3. The van der Waals surface area contributed by atoms with Gasteiger partial charge in [-0.05, 0) is 40.9 Å². The Labute approximate surface area is 89.6 Å². The minimum Gasteiger partial charge on any atom is -0.289 e. The fourth-order valence-corrected chi connectivity index (χ4v) is 2.42. The lowest BCUT2D eigenvalue weighted by atomic mass is 10.3. The van der Waals surface area contributed by atoms with Gasteiger partial charge in [0, 0.05) is 28.5 Å². The molecule has 0 radical (unpaired) electrons. The molecule has 2 heterocycles. The van der Waals surface area contributed by atoms with Crippen LogP contribution in [0.25, 0.3) is 10.9 Å². The highest BCUT2D eigenvalue weighted by Gasteiger charge is 2.06. The summed E-state index contributed by atoms with van der Waals surface area (Å²) in [5.41, 5.74) is 2.26. The maximum atomic E-state index is 4.31. The highest BCUT2D eigenvalue weighted by Crippen LogP contribution is 2.27. The maximum Gasteiger partial charge on any atom is 0.0814 e. The molecule has 0 bridgehead atoms. The molecule has 0 aliphatic rings. The number of rotatable bonds is 1. The summed E-state index contributed by atoms with van der Waals surface area (Å²) in [4.78, 5) is 4.31. The number of hydrogen-bond acceptors (Lipinski definition) is 2. The number of aryl methyl sites for hydroxylation is 1. The molecule has 2 rings (SSSR count). The second-order valence-corrected chi connectivity index (χ2v) is 4.39. The molecule has 0 saturated carbocycles. The quantitative estimate of drug-likeness (QED) is 0.780. The molecule has 2 aromatic heterocycles. The lowest BCUT2D eigenvalue weighted by Gasteiger charge is -2.02. The Morgan fingerprint density at radius 1 is 1.54 bits per heavy atom. The largest absolute Gasteiger partial charge is 0.289 e. The van der Waals surface area contributed by atoms with Crippen molar-refractivity contribution < 1.29 is 0 Å². The molecule has 2 nitrogen and oxygen atoms in total. The van der Waals surface area contributed by atoms with Crippen LogP contribution in [0.15, 0.2) is 22.9 Å². The van der Waals surface area contributed by atoms with Gasteiger partial charge in [0.05, 0.1) is 11.2 Å². The van der Waals surface area contributed by atoms with E-state index in [1.54, 1.807) is 11.9 Å². The zero-order valence-corrected chi connectivity index (χ0v) is 9.82. The minimum atomic E-state index is 1.06. The lowest BCUT2D eigenvalue weighted by molar-refractivity contribution is 1.19. The maximum absolute atomic E-state index is 4.31. The Hall–Kier alpha value is -0.480. The van der Waals surface area contributed by atoms with Crippen LogP contribution in [0, 0.1) is 6.92 Å². The van der Waals surface area contributed by atoms with Gasteiger partial charge in [-0.25, -0.2) is 0 Å². The first-order valence-electron chi connectivity index (χ1n) is 3.90. The predicted octanol–water partition coefficient (Wildman–Crippen LogP) is 3.23. The molecule has 2 aromatic rings. The summed E-state index contributed by atoms with van der Waals surface area (Å²) >= 11 is 5.17. The van der Waals surface area contributed by atoms with Crippen LogP contribution in [0.5, 0.6) is 0 Å². The molecule has 0 amide bonds. The third-order valence-electron chi connectivity index (χ3n) is 2.02. The minimum absolute atomic E-state index is 1.06. The number of pyridine rings is 1. The van der Waals surface area contributed by atoms with E-state index in [2.05, 4.69) is 43.4 Å². The predicted molar refractivity (Wildman–Crippen MR) is 61.1 cm³/mol. The first-order valence-corrected chi connectivity index (χ1v) is 5.88. The van der Waals surface area contributed by atoms with E-state index < -0.39 is 0 Å². The first kappa shape index (κ1) is 9.09. The van der Waals surface area contributed by atoms with Gasteiger partial charge in [-0.2, -0.15) is 0 Å². The van der Waals surface area contributed by atoms with E-state index in [9.17, 15) is 0 Å². The van der Waals surface area contributed by atoms with Crippen LogP contribution in [0.4, 0.5) is 0 Å². The van der Waals surface area contributed by atoms with Crippen LogP contribution >= 0.6 is 27.9 Å². The van der Waals surface area contributed by atoms with Gasteiger partial charge in [-0.3, -0.25) is 8.96 Å². The van der Waals surface area contributed by atoms with E-state index in [0.717, 1.165) is 10.2 Å². The molecule has 4 heteroatoms. The number of nitrogens with zero attached hydrogens (tertiary/aromatic N) is 2. The highest BCUT2D eigenvalue weighted by molar-refractivity contribution is 9.10. The molecule has 0 saturated heterocycles. The molecule has 68 valence electrons. The van der Waals surface area contributed by atoms with Crippen molar-refractivity contribution in [3.63, 3.8) is 0 Å². The van der Waals surface area contributed by atoms with Crippen molar-refractivity contribution in [2.75, 3.05) is 6.26 Å². The summed E-state index contributed by atoms with van der Waals surface area (Å²) < 4.78 is 3.18. The van der Waals surface area contributed by atoms with E-state index in [0.29, 0.717) is 0 Å². The van der Waals surface area contributed by atoms with Crippen molar-refractivity contribution in [3.05, 3.63) is 28.6 Å². The fraction of sp³-hybridized carbons (Fsp3) is 0.222. The Kier molecular flexibility index (Phi) is 2.34. The van der Waals surface area contributed by atoms with Crippen LogP contribution < -0.4 is 0 Å². The van der Waals surface area contributed by atoms with Crippen LogP contribution in [0.2, 0.25) is 0 Å². The second-order valence-electron chi connectivity index (χ2n) is 2.78. The van der Waals surface area contributed by atoms with Crippen molar-refractivity contribution >= 4 is 38.8 Å². The van der Waals surface area contributed by atoms with Gasteiger partial charge in [0.25, 0.3) is 0 Å². The Morgan fingerprint density at radius 2 is 2.31 bits per heavy atom. The van der Waals surface area contributed by atoms with E-state index in [-0.39, 0.29) is 0 Å². The third kappa shape index (κ3) is 1.38. The fourth-order valence-electron chi connectivity index (χ4n) is 1.40. The smallest absolute Gasteiger partial charge is 0.0814 e. The van der Waals surface area contributed by atoms with Crippen molar-refractivity contribution in [1.29, 1.82) is 0 Å². The second kappa shape index (κ2) is 3.35. The average Bonchev–Trinajstić information content (AvgIpc) is 2.56. The average molecular weight is 257 g/mol. The molecule has 0 spiro atoms. The molecule has 0 fully saturated rings. The Morgan fingerprint density at radius 3 is 3.00 bits per heavy atom. The Bertz CT molecular complexity index is 450. The van der Waals surface area contributed by atoms with E-state index in [4.69, 9.17) is 0 Å². The van der Waals surface area contributed by atoms with Crippen LogP contribution in [0.1, 0.15) is 5.69 Å². The first-order chi connectivity index (χ1) is 6.24. The summed E-state index contributed by atoms with van der Waals surface area (Å²) in [6, 6.07) is 2.10. The highest BCUT2D eigenvalue weighted by atomic mass is 79.9. The molecular formula is C9H9BrN2S. The zero-order chi connectivity index (χ0) is 9.42. The van der Waals surface area contributed by atoms with Crippen molar-refractivity contribution in [2.45, 2.75) is 6.92 Å². The number of aromatic nitrogens is 2. The van der Waals surface area contributed by atoms with Gasteiger partial charge < -0.3 is 0 Å². The molecule has 13 heavy (non-hydrogen) atoms. The summed E-state index contributed by atoms with van der Waals surface area (Å²) in [5.74, 6) is 0.